The highest BCUT2D eigenvalue weighted by atomic mass is 16.5. The first kappa shape index (κ1) is 16.5. The molecule has 0 aliphatic rings. The Morgan fingerprint density at radius 2 is 1.59 bits per heavy atom. The maximum absolute atomic E-state index is 8.96. The van der Waals surface area contributed by atoms with Crippen molar-refractivity contribution in [2.24, 2.45) is 0 Å². The van der Waals surface area contributed by atoms with Crippen LogP contribution < -0.4 is 0 Å². The van der Waals surface area contributed by atoms with Gasteiger partial charge < -0.3 is 9.84 Å². The van der Waals surface area contributed by atoms with Gasteiger partial charge in [0.2, 0.25) is 0 Å². The highest BCUT2D eigenvalue weighted by molar-refractivity contribution is 5.29. The van der Waals surface area contributed by atoms with Crippen LogP contribution in [0, 0.1) is 0 Å². The summed E-state index contributed by atoms with van der Waals surface area (Å²) in [7, 11) is 0. The lowest BCUT2D eigenvalue weighted by Crippen LogP contribution is -1.96. The van der Waals surface area contributed by atoms with Crippen LogP contribution in [0.15, 0.2) is 66.7 Å². The van der Waals surface area contributed by atoms with E-state index in [-0.39, 0.29) is 6.61 Å². The van der Waals surface area contributed by atoms with Crippen molar-refractivity contribution in [2.45, 2.75) is 25.9 Å². The number of hydrogen-bond acceptors (Lipinski definition) is 2. The van der Waals surface area contributed by atoms with E-state index in [4.69, 9.17) is 9.84 Å². The molecule has 0 bridgehead atoms. The van der Waals surface area contributed by atoms with Crippen molar-refractivity contribution < 1.29 is 9.84 Å². The minimum Gasteiger partial charge on any atom is -0.396 e. The number of aliphatic hydroxyl groups is 1. The summed E-state index contributed by atoms with van der Waals surface area (Å²) in [6.45, 7) is 1.53. The predicted molar refractivity (Wildman–Crippen MR) is 90.8 cm³/mol. The van der Waals surface area contributed by atoms with Gasteiger partial charge in [0, 0.05) is 6.61 Å². The molecule has 116 valence electrons. The Bertz CT molecular complexity index is 561. The summed E-state index contributed by atoms with van der Waals surface area (Å²) in [5, 5.41) is 8.96. The monoisotopic (exact) mass is 296 g/mol. The van der Waals surface area contributed by atoms with E-state index in [1.165, 1.54) is 16.7 Å². The zero-order valence-electron chi connectivity index (χ0n) is 12.9. The fourth-order valence-corrected chi connectivity index (χ4v) is 2.37. The third kappa shape index (κ3) is 5.84. The summed E-state index contributed by atoms with van der Waals surface area (Å²) in [4.78, 5) is 0. The lowest BCUT2D eigenvalue weighted by Gasteiger charge is -2.06. The van der Waals surface area contributed by atoms with Crippen LogP contribution in [-0.2, 0) is 24.2 Å². The molecule has 0 fully saturated rings. The van der Waals surface area contributed by atoms with Gasteiger partial charge in [0.05, 0.1) is 13.2 Å². The van der Waals surface area contributed by atoms with Crippen molar-refractivity contribution in [1.29, 1.82) is 0 Å². The van der Waals surface area contributed by atoms with Crippen LogP contribution in [0.3, 0.4) is 0 Å². The average Bonchev–Trinajstić information content (AvgIpc) is 2.58. The summed E-state index contributed by atoms with van der Waals surface area (Å²) < 4.78 is 5.63. The number of ether oxygens (including phenoxy) is 1. The Morgan fingerprint density at radius 1 is 0.864 bits per heavy atom. The van der Waals surface area contributed by atoms with Gasteiger partial charge in [-0.15, -0.1) is 0 Å². The Labute approximate surface area is 133 Å². The van der Waals surface area contributed by atoms with Crippen molar-refractivity contribution in [3.05, 3.63) is 83.4 Å². The molecule has 0 amide bonds. The Morgan fingerprint density at radius 3 is 2.36 bits per heavy atom. The molecule has 0 heterocycles. The van der Waals surface area contributed by atoms with Gasteiger partial charge in [-0.05, 0) is 36.0 Å². The van der Waals surface area contributed by atoms with Crippen LogP contribution in [0.25, 0.3) is 0 Å². The first-order valence-corrected chi connectivity index (χ1v) is 7.84. The van der Waals surface area contributed by atoms with Crippen molar-refractivity contribution in [3.63, 3.8) is 0 Å². The van der Waals surface area contributed by atoms with E-state index >= 15 is 0 Å². The average molecular weight is 296 g/mol. The molecule has 0 radical (unpaired) electrons. The van der Waals surface area contributed by atoms with Crippen molar-refractivity contribution in [3.8, 4) is 0 Å². The van der Waals surface area contributed by atoms with Crippen LogP contribution in [0.4, 0.5) is 0 Å². The Hall–Kier alpha value is -1.90. The molecule has 0 saturated heterocycles. The molecule has 0 unspecified atom stereocenters. The van der Waals surface area contributed by atoms with E-state index < -0.39 is 0 Å². The van der Waals surface area contributed by atoms with Crippen LogP contribution in [0.1, 0.15) is 23.1 Å². The third-order valence-electron chi connectivity index (χ3n) is 3.55. The molecule has 2 rings (SSSR count). The number of benzene rings is 2. The zero-order chi connectivity index (χ0) is 15.5. The second-order valence-electron chi connectivity index (χ2n) is 5.27. The molecule has 0 aliphatic heterocycles. The summed E-state index contributed by atoms with van der Waals surface area (Å²) in [5.74, 6) is 0. The molecule has 0 atom stereocenters. The fraction of sp³-hybridized carbons (Fsp3) is 0.300. The largest absolute Gasteiger partial charge is 0.396 e. The van der Waals surface area contributed by atoms with E-state index in [1.54, 1.807) is 0 Å². The summed E-state index contributed by atoms with van der Waals surface area (Å²) in [6.07, 6.45) is 6.90. The molecule has 0 saturated carbocycles. The van der Waals surface area contributed by atoms with Gasteiger partial charge in [-0.25, -0.2) is 0 Å². The summed E-state index contributed by atoms with van der Waals surface area (Å²) in [6, 6.07) is 18.6. The smallest absolute Gasteiger partial charge is 0.0721 e. The number of aryl methyl sites for hydroxylation is 1. The quantitative estimate of drug-likeness (QED) is 0.561. The van der Waals surface area contributed by atoms with Gasteiger partial charge in [0.15, 0.2) is 0 Å². The predicted octanol–water partition coefficient (Wildman–Crippen LogP) is 3.93. The topological polar surface area (TPSA) is 29.5 Å². The molecule has 22 heavy (non-hydrogen) atoms. The number of allylic oxidation sites excluding steroid dienone is 1. The zero-order valence-corrected chi connectivity index (χ0v) is 12.9. The molecular weight excluding hydrogens is 272 g/mol. The van der Waals surface area contributed by atoms with Gasteiger partial charge >= 0.3 is 0 Å². The lowest BCUT2D eigenvalue weighted by molar-refractivity contribution is 0.148. The number of hydrogen-bond donors (Lipinski definition) is 1. The maximum atomic E-state index is 8.96. The van der Waals surface area contributed by atoms with E-state index in [0.29, 0.717) is 13.2 Å². The molecule has 1 N–H and O–H groups in total. The lowest BCUT2D eigenvalue weighted by atomic mass is 10.0. The summed E-state index contributed by atoms with van der Waals surface area (Å²) in [5.41, 5.74) is 3.85. The molecule has 0 aliphatic carbocycles. The normalized spacial score (nSPS) is 11.1. The summed E-state index contributed by atoms with van der Waals surface area (Å²) >= 11 is 0. The number of rotatable bonds is 9. The van der Waals surface area contributed by atoms with E-state index in [2.05, 4.69) is 48.6 Å². The molecular formula is C20H24O2. The Kier molecular flexibility index (Phi) is 7.44. The van der Waals surface area contributed by atoms with Gasteiger partial charge in [-0.3, -0.25) is 0 Å². The first-order valence-electron chi connectivity index (χ1n) is 7.84. The van der Waals surface area contributed by atoms with Crippen molar-refractivity contribution in [1.82, 2.24) is 0 Å². The molecule has 0 aromatic heterocycles. The van der Waals surface area contributed by atoms with Crippen LogP contribution in [-0.4, -0.2) is 18.3 Å². The van der Waals surface area contributed by atoms with Gasteiger partial charge in [0.25, 0.3) is 0 Å². The van der Waals surface area contributed by atoms with Crippen LogP contribution in [0.5, 0.6) is 0 Å². The molecule has 2 nitrogen and oxygen atoms in total. The standard InChI is InChI=1S/C20H24O2/c21-15-8-14-20-12-5-4-11-19(20)13-6-7-16-22-17-18-9-2-1-3-10-18/h1-7,9-12,21H,8,13-17H2/b7-6-. The van der Waals surface area contributed by atoms with E-state index in [1.807, 2.05) is 18.2 Å². The van der Waals surface area contributed by atoms with E-state index in [9.17, 15) is 0 Å². The third-order valence-corrected chi connectivity index (χ3v) is 3.55. The highest BCUT2D eigenvalue weighted by Gasteiger charge is 1.99. The number of aliphatic hydroxyl groups excluding tert-OH is 1. The molecule has 2 aromatic carbocycles. The molecule has 2 heteroatoms. The van der Waals surface area contributed by atoms with Crippen molar-refractivity contribution >= 4 is 0 Å². The fourth-order valence-electron chi connectivity index (χ4n) is 2.37. The van der Waals surface area contributed by atoms with E-state index in [0.717, 1.165) is 19.3 Å². The van der Waals surface area contributed by atoms with Crippen molar-refractivity contribution in [2.75, 3.05) is 13.2 Å². The molecule has 2 aromatic rings. The van der Waals surface area contributed by atoms with Crippen LogP contribution >= 0.6 is 0 Å². The Balaban J connectivity index is 1.73. The minimum absolute atomic E-state index is 0.248. The maximum Gasteiger partial charge on any atom is 0.0721 e. The highest BCUT2D eigenvalue weighted by Crippen LogP contribution is 2.12. The van der Waals surface area contributed by atoms with Gasteiger partial charge in [-0.2, -0.15) is 0 Å². The second kappa shape index (κ2) is 9.93. The molecule has 0 spiro atoms. The van der Waals surface area contributed by atoms with Gasteiger partial charge in [0.1, 0.15) is 0 Å². The van der Waals surface area contributed by atoms with Gasteiger partial charge in [-0.1, -0.05) is 66.7 Å². The second-order valence-corrected chi connectivity index (χ2v) is 5.27. The minimum atomic E-state index is 0.248. The van der Waals surface area contributed by atoms with Crippen LogP contribution in [0.2, 0.25) is 0 Å². The SMILES string of the molecule is OCCCc1ccccc1C/C=C\COCc1ccccc1. The first-order chi connectivity index (χ1) is 10.9.